The molecule has 0 unspecified atom stereocenters. The Morgan fingerprint density at radius 1 is 1.10 bits per heavy atom. The molecule has 8 heteroatoms. The Bertz CT molecular complexity index is 1080. The van der Waals surface area contributed by atoms with E-state index in [-0.39, 0.29) is 10.7 Å². The molecule has 0 aliphatic carbocycles. The minimum atomic E-state index is -0.703. The number of hydrogen-bond acceptors (Lipinski definition) is 5. The lowest BCUT2D eigenvalue weighted by Gasteiger charge is -2.11. The third-order valence-corrected chi connectivity index (χ3v) is 4.90. The van der Waals surface area contributed by atoms with Crippen molar-refractivity contribution in [3.05, 3.63) is 76.1 Å². The molecule has 7 nitrogen and oxygen atoms in total. The number of carbonyl (C=O) groups is 2. The van der Waals surface area contributed by atoms with E-state index in [2.05, 4.69) is 10.4 Å². The lowest BCUT2D eigenvalue weighted by atomic mass is 10.1. The Hall–Kier alpha value is -3.32. The summed E-state index contributed by atoms with van der Waals surface area (Å²) in [6, 6.07) is 15.0. The lowest BCUT2D eigenvalue weighted by molar-refractivity contribution is -0.119. The summed E-state index contributed by atoms with van der Waals surface area (Å²) in [5.74, 6) is -0.645. The van der Waals surface area contributed by atoms with Gasteiger partial charge in [0, 0.05) is 0 Å². The number of hydrogen-bond donors (Lipinski definition) is 1. The fraction of sp³-hybridized carbons (Fsp3) is 0.261. The number of esters is 1. The molecule has 2 aromatic carbocycles. The Kier molecular flexibility index (Phi) is 7.31. The van der Waals surface area contributed by atoms with Gasteiger partial charge < -0.3 is 14.8 Å². The molecule has 0 atom stereocenters. The second-order valence-corrected chi connectivity index (χ2v) is 7.31. The van der Waals surface area contributed by atoms with Gasteiger partial charge in [0.2, 0.25) is 0 Å². The van der Waals surface area contributed by atoms with Gasteiger partial charge in [0.15, 0.2) is 6.61 Å². The SMILES string of the molecule is CCOc1ccccc1NC(=O)COC(=O)c1c(C)nn(Cc2ccc(C)cc2)c1Cl. The van der Waals surface area contributed by atoms with Crippen molar-refractivity contribution in [2.45, 2.75) is 27.3 Å². The van der Waals surface area contributed by atoms with Crippen LogP contribution in [-0.4, -0.2) is 34.9 Å². The Morgan fingerprint density at radius 3 is 2.52 bits per heavy atom. The van der Waals surface area contributed by atoms with Crippen LogP contribution in [0.3, 0.4) is 0 Å². The highest BCUT2D eigenvalue weighted by molar-refractivity contribution is 6.32. The van der Waals surface area contributed by atoms with Crippen LogP contribution in [0.2, 0.25) is 5.15 Å². The van der Waals surface area contributed by atoms with E-state index in [1.165, 1.54) is 4.68 Å². The van der Waals surface area contributed by atoms with Crippen LogP contribution in [0.5, 0.6) is 5.75 Å². The van der Waals surface area contributed by atoms with Gasteiger partial charge in [-0.05, 0) is 38.5 Å². The first-order valence-corrected chi connectivity index (χ1v) is 10.2. The predicted octanol–water partition coefficient (Wildman–Crippen LogP) is 4.40. The number of rotatable bonds is 8. The molecule has 0 saturated heterocycles. The van der Waals surface area contributed by atoms with Crippen molar-refractivity contribution in [3.8, 4) is 5.75 Å². The van der Waals surface area contributed by atoms with E-state index >= 15 is 0 Å². The van der Waals surface area contributed by atoms with E-state index in [0.717, 1.165) is 11.1 Å². The summed E-state index contributed by atoms with van der Waals surface area (Å²) in [4.78, 5) is 24.8. The number of nitrogens with one attached hydrogen (secondary N) is 1. The molecule has 31 heavy (non-hydrogen) atoms. The quantitative estimate of drug-likeness (QED) is 0.524. The van der Waals surface area contributed by atoms with Gasteiger partial charge >= 0.3 is 5.97 Å². The fourth-order valence-corrected chi connectivity index (χ4v) is 3.31. The third kappa shape index (κ3) is 5.64. The average molecular weight is 442 g/mol. The first-order valence-electron chi connectivity index (χ1n) is 9.86. The van der Waals surface area contributed by atoms with E-state index in [9.17, 15) is 9.59 Å². The van der Waals surface area contributed by atoms with Gasteiger partial charge in [0.1, 0.15) is 16.5 Å². The smallest absolute Gasteiger partial charge is 0.343 e. The van der Waals surface area contributed by atoms with Crippen LogP contribution >= 0.6 is 11.6 Å². The molecule has 0 aliphatic heterocycles. The summed E-state index contributed by atoms with van der Waals surface area (Å²) in [5.41, 5.74) is 3.24. The number of para-hydroxylation sites is 2. The Labute approximate surface area is 185 Å². The minimum Gasteiger partial charge on any atom is -0.492 e. The molecule has 1 aromatic heterocycles. The normalized spacial score (nSPS) is 10.6. The molecule has 0 aliphatic rings. The van der Waals surface area contributed by atoms with Crippen molar-refractivity contribution in [3.63, 3.8) is 0 Å². The van der Waals surface area contributed by atoms with Crippen molar-refractivity contribution in [1.29, 1.82) is 0 Å². The number of aryl methyl sites for hydroxylation is 2. The van der Waals surface area contributed by atoms with Gasteiger partial charge in [-0.1, -0.05) is 53.6 Å². The summed E-state index contributed by atoms with van der Waals surface area (Å²) in [6.07, 6.45) is 0. The molecule has 0 fully saturated rings. The number of halogens is 1. The maximum atomic E-state index is 12.6. The fourth-order valence-electron chi connectivity index (χ4n) is 3.00. The number of anilines is 1. The summed E-state index contributed by atoms with van der Waals surface area (Å²) < 4.78 is 12.2. The van der Waals surface area contributed by atoms with Gasteiger partial charge in [-0.2, -0.15) is 5.10 Å². The lowest BCUT2D eigenvalue weighted by Crippen LogP contribution is -2.21. The highest BCUT2D eigenvalue weighted by Crippen LogP contribution is 2.24. The maximum absolute atomic E-state index is 12.6. The highest BCUT2D eigenvalue weighted by atomic mass is 35.5. The first kappa shape index (κ1) is 22.4. The standard InChI is InChI=1S/C23H24ClN3O4/c1-4-30-19-8-6-5-7-18(19)25-20(28)14-31-23(29)21-16(3)26-27(22(21)24)13-17-11-9-15(2)10-12-17/h5-12H,4,13-14H2,1-3H3,(H,25,28). The van der Waals surface area contributed by atoms with E-state index in [0.29, 0.717) is 30.3 Å². The van der Waals surface area contributed by atoms with Crippen LogP contribution in [0, 0.1) is 13.8 Å². The number of aromatic nitrogens is 2. The van der Waals surface area contributed by atoms with E-state index in [4.69, 9.17) is 21.1 Å². The molecule has 0 radical (unpaired) electrons. The molecule has 0 bridgehead atoms. The number of nitrogens with zero attached hydrogens (tertiary/aromatic N) is 2. The van der Waals surface area contributed by atoms with Crippen LogP contribution in [0.4, 0.5) is 5.69 Å². The molecule has 1 heterocycles. The van der Waals surface area contributed by atoms with Crippen LogP contribution in [0.1, 0.15) is 34.1 Å². The Morgan fingerprint density at radius 2 is 1.81 bits per heavy atom. The van der Waals surface area contributed by atoms with Crippen molar-refractivity contribution < 1.29 is 19.1 Å². The van der Waals surface area contributed by atoms with Crippen LogP contribution in [-0.2, 0) is 16.1 Å². The number of benzene rings is 2. The molecular formula is C23H24ClN3O4. The summed E-state index contributed by atoms with van der Waals surface area (Å²) in [6.45, 7) is 5.96. The molecule has 0 saturated carbocycles. The monoisotopic (exact) mass is 441 g/mol. The van der Waals surface area contributed by atoms with E-state index in [1.807, 2.05) is 38.1 Å². The van der Waals surface area contributed by atoms with E-state index in [1.54, 1.807) is 31.2 Å². The predicted molar refractivity (Wildman–Crippen MR) is 119 cm³/mol. The zero-order chi connectivity index (χ0) is 22.4. The van der Waals surface area contributed by atoms with Gasteiger partial charge in [0.05, 0.1) is 24.5 Å². The second-order valence-electron chi connectivity index (χ2n) is 6.95. The molecule has 162 valence electrons. The maximum Gasteiger partial charge on any atom is 0.343 e. The van der Waals surface area contributed by atoms with Crippen molar-refractivity contribution in [2.75, 3.05) is 18.5 Å². The largest absolute Gasteiger partial charge is 0.492 e. The van der Waals surface area contributed by atoms with Crippen LogP contribution in [0.15, 0.2) is 48.5 Å². The third-order valence-electron chi connectivity index (χ3n) is 4.52. The number of carbonyl (C=O) groups excluding carboxylic acids is 2. The average Bonchev–Trinajstić information content (AvgIpc) is 3.02. The number of amides is 1. The summed E-state index contributed by atoms with van der Waals surface area (Å²) >= 11 is 6.39. The van der Waals surface area contributed by atoms with Crippen molar-refractivity contribution in [2.24, 2.45) is 0 Å². The van der Waals surface area contributed by atoms with Crippen molar-refractivity contribution in [1.82, 2.24) is 9.78 Å². The topological polar surface area (TPSA) is 82.4 Å². The highest BCUT2D eigenvalue weighted by Gasteiger charge is 2.22. The van der Waals surface area contributed by atoms with Gasteiger partial charge in [-0.15, -0.1) is 0 Å². The molecule has 3 rings (SSSR count). The van der Waals surface area contributed by atoms with Gasteiger partial charge in [-0.3, -0.25) is 4.79 Å². The molecule has 1 amide bonds. The molecular weight excluding hydrogens is 418 g/mol. The Balaban J connectivity index is 1.63. The zero-order valence-corrected chi connectivity index (χ0v) is 18.4. The number of ether oxygens (including phenoxy) is 2. The summed E-state index contributed by atoms with van der Waals surface area (Å²) in [5, 5.41) is 7.19. The minimum absolute atomic E-state index is 0.149. The zero-order valence-electron chi connectivity index (χ0n) is 17.6. The first-order chi connectivity index (χ1) is 14.9. The van der Waals surface area contributed by atoms with Crippen molar-refractivity contribution >= 4 is 29.2 Å². The molecule has 1 N–H and O–H groups in total. The van der Waals surface area contributed by atoms with Gasteiger partial charge in [0.25, 0.3) is 5.91 Å². The molecule has 0 spiro atoms. The summed E-state index contributed by atoms with van der Waals surface area (Å²) in [7, 11) is 0. The van der Waals surface area contributed by atoms with Gasteiger partial charge in [-0.25, -0.2) is 9.48 Å². The van der Waals surface area contributed by atoms with Crippen LogP contribution < -0.4 is 10.1 Å². The second kappa shape index (κ2) is 10.1. The molecule has 3 aromatic rings. The van der Waals surface area contributed by atoms with Crippen LogP contribution in [0.25, 0.3) is 0 Å². The van der Waals surface area contributed by atoms with E-state index < -0.39 is 18.5 Å².